The number of piperidine rings is 1. The SMILES string of the molecule is COc1cc2c(N[C@@H]([C@@H](C)O)N(C)C)nc(N3CCC(F)(F)CC3)nc2cc1OCCCN1CCCC1. The molecule has 3 heterocycles. The number of hydrogen-bond donors (Lipinski definition) is 2. The molecule has 1 aromatic heterocycles. The number of aliphatic hydroxyl groups excluding tert-OH is 1. The molecule has 2 N–H and O–H groups in total. The number of benzene rings is 1. The lowest BCUT2D eigenvalue weighted by molar-refractivity contribution is -0.0222. The minimum Gasteiger partial charge on any atom is -0.493 e. The molecule has 1 aromatic carbocycles. The van der Waals surface area contributed by atoms with E-state index in [4.69, 9.17) is 19.4 Å². The van der Waals surface area contributed by atoms with Gasteiger partial charge in [0.25, 0.3) is 5.92 Å². The summed E-state index contributed by atoms with van der Waals surface area (Å²) in [7, 11) is 5.30. The van der Waals surface area contributed by atoms with E-state index in [2.05, 4.69) is 10.2 Å². The van der Waals surface area contributed by atoms with Gasteiger partial charge in [0.05, 0.1) is 25.3 Å². The van der Waals surface area contributed by atoms with Crippen molar-refractivity contribution in [1.29, 1.82) is 0 Å². The van der Waals surface area contributed by atoms with Gasteiger partial charge in [0.2, 0.25) is 5.95 Å². The van der Waals surface area contributed by atoms with Gasteiger partial charge >= 0.3 is 0 Å². The Balaban J connectivity index is 1.64. The number of anilines is 2. The minimum absolute atomic E-state index is 0.168. The zero-order chi connectivity index (χ0) is 26.6. The van der Waals surface area contributed by atoms with Crippen molar-refractivity contribution in [2.45, 2.75) is 57.2 Å². The number of fused-ring (bicyclic) bond motifs is 1. The first kappa shape index (κ1) is 27.5. The van der Waals surface area contributed by atoms with Crippen molar-refractivity contribution >= 4 is 22.7 Å². The van der Waals surface area contributed by atoms with Gasteiger partial charge in [-0.1, -0.05) is 0 Å². The summed E-state index contributed by atoms with van der Waals surface area (Å²) < 4.78 is 39.4. The standard InChI is InChI=1S/C26H40F2N6O3/c1-18(35)24(32(2)3)30-23-19-16-21(36-4)22(37-15-7-12-33-10-5-6-11-33)17-20(19)29-25(31-23)34-13-8-26(27,28)9-14-34/h16-18,24,35H,5-15H2,1-4H3,(H,29,30,31)/t18-,24-/m1/s1. The van der Waals surface area contributed by atoms with Crippen LogP contribution in [-0.4, -0.2) is 104 Å². The Morgan fingerprint density at radius 2 is 1.81 bits per heavy atom. The van der Waals surface area contributed by atoms with Gasteiger partial charge in [-0.25, -0.2) is 13.8 Å². The molecule has 0 bridgehead atoms. The number of halogens is 2. The number of nitrogens with one attached hydrogen (secondary N) is 1. The Hall–Kier alpha value is -2.50. The predicted molar refractivity (Wildman–Crippen MR) is 141 cm³/mol. The van der Waals surface area contributed by atoms with Crippen LogP contribution in [0.1, 0.15) is 39.0 Å². The Kier molecular flexibility index (Phi) is 8.86. The Morgan fingerprint density at radius 1 is 1.11 bits per heavy atom. The number of rotatable bonds is 11. The molecule has 0 amide bonds. The molecule has 9 nitrogen and oxygen atoms in total. The van der Waals surface area contributed by atoms with Crippen LogP contribution in [0.2, 0.25) is 0 Å². The summed E-state index contributed by atoms with van der Waals surface area (Å²) >= 11 is 0. The molecule has 0 spiro atoms. The molecule has 0 saturated carbocycles. The molecule has 2 atom stereocenters. The van der Waals surface area contributed by atoms with Crippen molar-refractivity contribution in [2.75, 3.05) is 70.8 Å². The quantitative estimate of drug-likeness (QED) is 0.341. The van der Waals surface area contributed by atoms with Crippen LogP contribution in [0.25, 0.3) is 10.9 Å². The number of methoxy groups -OCH3 is 1. The van der Waals surface area contributed by atoms with E-state index in [0.29, 0.717) is 40.8 Å². The number of aliphatic hydroxyl groups is 1. The fourth-order valence-electron chi connectivity index (χ4n) is 4.98. The molecule has 37 heavy (non-hydrogen) atoms. The Morgan fingerprint density at radius 3 is 2.43 bits per heavy atom. The van der Waals surface area contributed by atoms with Crippen molar-refractivity contribution < 1.29 is 23.4 Å². The monoisotopic (exact) mass is 522 g/mol. The maximum Gasteiger partial charge on any atom is 0.251 e. The van der Waals surface area contributed by atoms with Crippen LogP contribution in [0, 0.1) is 0 Å². The van der Waals surface area contributed by atoms with Crippen LogP contribution >= 0.6 is 0 Å². The highest BCUT2D eigenvalue weighted by atomic mass is 19.3. The molecule has 0 aliphatic carbocycles. The number of likely N-dealkylation sites (tertiary alicyclic amines) is 1. The van der Waals surface area contributed by atoms with E-state index in [1.165, 1.54) is 12.8 Å². The van der Waals surface area contributed by atoms with Crippen LogP contribution in [0.5, 0.6) is 11.5 Å². The van der Waals surface area contributed by atoms with Crippen LogP contribution < -0.4 is 19.7 Å². The lowest BCUT2D eigenvalue weighted by atomic mass is 10.1. The average molecular weight is 523 g/mol. The fourth-order valence-corrected chi connectivity index (χ4v) is 4.98. The number of ether oxygens (including phenoxy) is 2. The van der Waals surface area contributed by atoms with E-state index < -0.39 is 18.2 Å². The van der Waals surface area contributed by atoms with Gasteiger partial charge in [-0.05, 0) is 59.4 Å². The van der Waals surface area contributed by atoms with Crippen molar-refractivity contribution in [1.82, 2.24) is 19.8 Å². The van der Waals surface area contributed by atoms with Gasteiger partial charge in [0, 0.05) is 43.9 Å². The largest absolute Gasteiger partial charge is 0.493 e. The van der Waals surface area contributed by atoms with E-state index in [0.717, 1.165) is 26.1 Å². The summed E-state index contributed by atoms with van der Waals surface area (Å²) in [5, 5.41) is 14.4. The Bertz CT molecular complexity index is 1030. The molecular weight excluding hydrogens is 482 g/mol. The van der Waals surface area contributed by atoms with E-state index >= 15 is 0 Å². The van der Waals surface area contributed by atoms with Gasteiger partial charge < -0.3 is 29.7 Å². The summed E-state index contributed by atoms with van der Waals surface area (Å²) in [5.41, 5.74) is 0.614. The summed E-state index contributed by atoms with van der Waals surface area (Å²) in [4.78, 5) is 15.6. The van der Waals surface area contributed by atoms with Gasteiger partial charge in [0.1, 0.15) is 12.0 Å². The second-order valence-corrected chi connectivity index (χ2v) is 10.3. The second-order valence-electron chi connectivity index (χ2n) is 10.3. The summed E-state index contributed by atoms with van der Waals surface area (Å²) in [6.45, 7) is 5.88. The molecule has 0 radical (unpaired) electrons. The molecule has 4 rings (SSSR count). The molecule has 2 aliphatic heterocycles. The van der Waals surface area contributed by atoms with Crippen molar-refractivity contribution in [3.63, 3.8) is 0 Å². The molecule has 206 valence electrons. The third-order valence-corrected chi connectivity index (χ3v) is 7.12. The van der Waals surface area contributed by atoms with Crippen LogP contribution in [0.15, 0.2) is 12.1 Å². The van der Waals surface area contributed by atoms with Gasteiger partial charge in [-0.15, -0.1) is 0 Å². The molecule has 2 aromatic rings. The highest BCUT2D eigenvalue weighted by Gasteiger charge is 2.35. The maximum atomic E-state index is 13.8. The molecule has 2 aliphatic rings. The second kappa shape index (κ2) is 11.9. The zero-order valence-corrected chi connectivity index (χ0v) is 22.3. The van der Waals surface area contributed by atoms with Gasteiger partial charge in [-0.2, -0.15) is 4.98 Å². The lowest BCUT2D eigenvalue weighted by Crippen LogP contribution is -2.44. The number of hydrogen-bond acceptors (Lipinski definition) is 9. The number of nitrogens with zero attached hydrogens (tertiary/aromatic N) is 5. The van der Waals surface area contributed by atoms with Gasteiger partial charge in [0.15, 0.2) is 11.5 Å². The number of alkyl halides is 2. The smallest absolute Gasteiger partial charge is 0.251 e. The third kappa shape index (κ3) is 6.88. The van der Waals surface area contributed by atoms with Crippen LogP contribution in [0.4, 0.5) is 20.5 Å². The highest BCUT2D eigenvalue weighted by Crippen LogP contribution is 2.37. The molecule has 11 heteroatoms. The van der Waals surface area contributed by atoms with Crippen LogP contribution in [0.3, 0.4) is 0 Å². The van der Waals surface area contributed by atoms with Gasteiger partial charge in [-0.3, -0.25) is 4.90 Å². The van der Waals surface area contributed by atoms with E-state index in [9.17, 15) is 13.9 Å². The Labute approximate surface area is 217 Å². The molecule has 2 saturated heterocycles. The maximum absolute atomic E-state index is 13.8. The third-order valence-electron chi connectivity index (χ3n) is 7.12. The van der Waals surface area contributed by atoms with Crippen molar-refractivity contribution in [3.05, 3.63) is 12.1 Å². The van der Waals surface area contributed by atoms with E-state index in [1.54, 1.807) is 18.9 Å². The van der Waals surface area contributed by atoms with Crippen molar-refractivity contribution in [3.8, 4) is 11.5 Å². The lowest BCUT2D eigenvalue weighted by Gasteiger charge is -2.33. The minimum atomic E-state index is -2.67. The zero-order valence-electron chi connectivity index (χ0n) is 22.3. The molecule has 0 unspecified atom stereocenters. The van der Waals surface area contributed by atoms with Crippen LogP contribution in [-0.2, 0) is 0 Å². The molecular formula is C26H40F2N6O3. The van der Waals surface area contributed by atoms with Crippen molar-refractivity contribution in [2.24, 2.45) is 0 Å². The predicted octanol–water partition coefficient (Wildman–Crippen LogP) is 3.42. The number of likely N-dealkylation sites (N-methyl/N-ethyl adjacent to an activating group) is 1. The topological polar surface area (TPSA) is 86.2 Å². The first-order valence-corrected chi connectivity index (χ1v) is 13.2. The summed E-state index contributed by atoms with van der Waals surface area (Å²) in [6.07, 6.45) is 1.83. The summed E-state index contributed by atoms with van der Waals surface area (Å²) in [6, 6.07) is 3.66. The number of aromatic nitrogens is 2. The van der Waals surface area contributed by atoms with E-state index in [-0.39, 0.29) is 25.9 Å². The first-order valence-electron chi connectivity index (χ1n) is 13.2. The highest BCUT2D eigenvalue weighted by molar-refractivity contribution is 5.93. The normalized spacial score (nSPS) is 19.8. The molecule has 2 fully saturated rings. The average Bonchev–Trinajstić information content (AvgIpc) is 3.37. The van der Waals surface area contributed by atoms with E-state index in [1.807, 2.05) is 31.1 Å². The summed E-state index contributed by atoms with van der Waals surface area (Å²) in [5.74, 6) is -0.657. The fraction of sp³-hybridized carbons (Fsp3) is 0.692. The first-order chi connectivity index (χ1) is 17.7.